The molecule has 202 valence electrons. The van der Waals surface area contributed by atoms with Gasteiger partial charge in [-0.1, -0.05) is 38.5 Å². The van der Waals surface area contributed by atoms with E-state index in [0.29, 0.717) is 12.0 Å². The standard InChI is InChI=1S/C24H33N5O7S/c1-3-12(2)20(24(35)36)29-23(34)17(8-13-10-26-16-7-5-4-6-14(13)16)28-22(33)18(9-19(30)31)27-21(32)15(25)11-37/h4-7,10,12,15,17-18,20,26,37H,3,8-9,11,25H2,1-2H3,(H,27,32)(H,28,33)(H,29,34)(H,30,31)(H,35,36). The van der Waals surface area contributed by atoms with Gasteiger partial charge in [-0.3, -0.25) is 19.2 Å². The minimum absolute atomic E-state index is 0.0294. The molecule has 0 spiro atoms. The maximum atomic E-state index is 13.3. The third-order valence-corrected chi connectivity index (χ3v) is 6.45. The normalized spacial score (nSPS) is 15.1. The summed E-state index contributed by atoms with van der Waals surface area (Å²) in [5.41, 5.74) is 7.09. The molecule has 5 atom stereocenters. The number of hydrogen-bond donors (Lipinski definition) is 8. The fourth-order valence-corrected chi connectivity index (χ4v) is 3.85. The molecule has 13 heteroatoms. The molecule has 2 rings (SSSR count). The van der Waals surface area contributed by atoms with Crippen LogP contribution in [0, 0.1) is 5.92 Å². The first-order valence-corrected chi connectivity index (χ1v) is 12.4. The number of rotatable bonds is 14. The second-order valence-corrected chi connectivity index (χ2v) is 9.15. The highest BCUT2D eigenvalue weighted by Gasteiger charge is 2.33. The highest BCUT2D eigenvalue weighted by Crippen LogP contribution is 2.19. The maximum absolute atomic E-state index is 13.3. The van der Waals surface area contributed by atoms with Gasteiger partial charge in [0.2, 0.25) is 17.7 Å². The van der Waals surface area contributed by atoms with Crippen molar-refractivity contribution in [2.45, 2.75) is 57.3 Å². The molecule has 1 heterocycles. The van der Waals surface area contributed by atoms with Crippen LogP contribution in [0.2, 0.25) is 0 Å². The number of fused-ring (bicyclic) bond motifs is 1. The van der Waals surface area contributed by atoms with Crippen LogP contribution in [0.5, 0.6) is 0 Å². The first kappa shape index (κ1) is 29.6. The molecule has 1 aromatic carbocycles. The van der Waals surface area contributed by atoms with Gasteiger partial charge >= 0.3 is 11.9 Å². The topological polar surface area (TPSA) is 204 Å². The summed E-state index contributed by atoms with van der Waals surface area (Å²) in [5, 5.41) is 26.9. The van der Waals surface area contributed by atoms with Crippen LogP contribution in [0.4, 0.5) is 0 Å². The highest BCUT2D eigenvalue weighted by molar-refractivity contribution is 7.80. The summed E-state index contributed by atoms with van der Waals surface area (Å²) >= 11 is 3.93. The number of nitrogens with one attached hydrogen (secondary N) is 4. The second kappa shape index (κ2) is 13.7. The summed E-state index contributed by atoms with van der Waals surface area (Å²) in [6.07, 6.45) is 1.36. The predicted octanol–water partition coefficient (Wildman–Crippen LogP) is 0.0273. The van der Waals surface area contributed by atoms with E-state index in [0.717, 1.165) is 10.9 Å². The lowest BCUT2D eigenvalue weighted by molar-refractivity contribution is -0.144. The van der Waals surface area contributed by atoms with Crippen molar-refractivity contribution in [3.63, 3.8) is 0 Å². The van der Waals surface area contributed by atoms with E-state index < -0.39 is 66.2 Å². The van der Waals surface area contributed by atoms with Crippen molar-refractivity contribution in [1.29, 1.82) is 0 Å². The SMILES string of the molecule is CCC(C)C(NC(=O)C(Cc1c[nH]c2ccccc12)NC(=O)C(CC(=O)O)NC(=O)C(N)CS)C(=O)O. The van der Waals surface area contributed by atoms with E-state index in [-0.39, 0.29) is 12.2 Å². The quantitative estimate of drug-likeness (QED) is 0.155. The Morgan fingerprint density at radius 3 is 2.22 bits per heavy atom. The number of carboxylic acid groups (broad SMARTS) is 2. The molecule has 0 bridgehead atoms. The van der Waals surface area contributed by atoms with Gasteiger partial charge < -0.3 is 36.9 Å². The number of para-hydroxylation sites is 1. The Hall–Kier alpha value is -3.58. The van der Waals surface area contributed by atoms with Gasteiger partial charge in [0, 0.05) is 29.3 Å². The summed E-state index contributed by atoms with van der Waals surface area (Å²) in [4.78, 5) is 64.8. The number of aliphatic carboxylic acids is 2. The van der Waals surface area contributed by atoms with E-state index >= 15 is 0 Å². The van der Waals surface area contributed by atoms with Crippen molar-refractivity contribution < 1.29 is 34.2 Å². The number of amides is 3. The number of aromatic amines is 1. The third-order valence-electron chi connectivity index (χ3n) is 6.05. The van der Waals surface area contributed by atoms with Gasteiger partial charge in [0.25, 0.3) is 0 Å². The Labute approximate surface area is 219 Å². The molecule has 0 aliphatic carbocycles. The van der Waals surface area contributed by atoms with Crippen LogP contribution in [-0.4, -0.2) is 74.8 Å². The van der Waals surface area contributed by atoms with E-state index in [1.54, 1.807) is 26.1 Å². The average molecular weight is 536 g/mol. The molecule has 2 aromatic rings. The Bertz CT molecular complexity index is 1140. The Kier molecular flexibility index (Phi) is 10.9. The summed E-state index contributed by atoms with van der Waals surface area (Å²) in [6, 6.07) is 2.20. The maximum Gasteiger partial charge on any atom is 0.326 e. The molecular weight excluding hydrogens is 502 g/mol. The zero-order valence-electron chi connectivity index (χ0n) is 20.6. The summed E-state index contributed by atoms with van der Waals surface area (Å²) in [7, 11) is 0. The smallest absolute Gasteiger partial charge is 0.326 e. The number of H-pyrrole nitrogens is 1. The molecule has 0 fully saturated rings. The monoisotopic (exact) mass is 535 g/mol. The summed E-state index contributed by atoms with van der Waals surface area (Å²) in [5.74, 6) is -5.50. The summed E-state index contributed by atoms with van der Waals surface area (Å²) in [6.45, 7) is 3.46. The van der Waals surface area contributed by atoms with Gasteiger partial charge in [-0.25, -0.2) is 4.79 Å². The number of carbonyl (C=O) groups is 5. The number of thiol groups is 1. The Morgan fingerprint density at radius 2 is 1.62 bits per heavy atom. The first-order chi connectivity index (χ1) is 17.5. The van der Waals surface area contributed by atoms with Crippen LogP contribution in [0.3, 0.4) is 0 Å². The van der Waals surface area contributed by atoms with E-state index in [4.69, 9.17) is 5.73 Å². The molecule has 0 radical (unpaired) electrons. The van der Waals surface area contributed by atoms with E-state index in [9.17, 15) is 34.2 Å². The molecule has 37 heavy (non-hydrogen) atoms. The Balaban J connectivity index is 2.35. The van der Waals surface area contributed by atoms with Gasteiger partial charge in [-0.2, -0.15) is 12.6 Å². The predicted molar refractivity (Wildman–Crippen MR) is 139 cm³/mol. The molecule has 1 aromatic heterocycles. The number of hydrogen-bond acceptors (Lipinski definition) is 7. The van der Waals surface area contributed by atoms with E-state index in [1.165, 1.54) is 0 Å². The van der Waals surface area contributed by atoms with Crippen LogP contribution >= 0.6 is 12.6 Å². The van der Waals surface area contributed by atoms with Crippen LogP contribution in [0.25, 0.3) is 10.9 Å². The van der Waals surface area contributed by atoms with Gasteiger partial charge in [0.1, 0.15) is 18.1 Å². The van der Waals surface area contributed by atoms with Crippen molar-refractivity contribution in [3.05, 3.63) is 36.0 Å². The zero-order valence-corrected chi connectivity index (χ0v) is 21.5. The number of carboxylic acids is 2. The lowest BCUT2D eigenvalue weighted by Crippen LogP contribution is -2.58. The average Bonchev–Trinajstić information content (AvgIpc) is 3.27. The minimum atomic E-state index is -1.53. The Morgan fingerprint density at radius 1 is 1.00 bits per heavy atom. The number of nitrogens with two attached hydrogens (primary N) is 1. The summed E-state index contributed by atoms with van der Waals surface area (Å²) < 4.78 is 0. The van der Waals surface area contributed by atoms with Crippen LogP contribution < -0.4 is 21.7 Å². The van der Waals surface area contributed by atoms with Gasteiger partial charge in [-0.05, 0) is 17.5 Å². The zero-order chi connectivity index (χ0) is 27.7. The largest absolute Gasteiger partial charge is 0.481 e. The first-order valence-electron chi connectivity index (χ1n) is 11.8. The fourth-order valence-electron chi connectivity index (χ4n) is 3.68. The molecule has 0 aliphatic heterocycles. The molecular formula is C24H33N5O7S. The lowest BCUT2D eigenvalue weighted by Gasteiger charge is -2.26. The fraction of sp³-hybridized carbons (Fsp3) is 0.458. The van der Waals surface area contributed by atoms with Gasteiger partial charge in [0.05, 0.1) is 12.5 Å². The molecule has 0 saturated heterocycles. The van der Waals surface area contributed by atoms with Crippen molar-refractivity contribution in [1.82, 2.24) is 20.9 Å². The van der Waals surface area contributed by atoms with Crippen molar-refractivity contribution >= 4 is 53.2 Å². The molecule has 5 unspecified atom stereocenters. The highest BCUT2D eigenvalue weighted by atomic mass is 32.1. The minimum Gasteiger partial charge on any atom is -0.481 e. The van der Waals surface area contributed by atoms with Crippen LogP contribution in [0.15, 0.2) is 30.5 Å². The van der Waals surface area contributed by atoms with E-state index in [2.05, 4.69) is 33.6 Å². The molecule has 3 amide bonds. The molecule has 8 N–H and O–H groups in total. The third kappa shape index (κ3) is 8.22. The van der Waals surface area contributed by atoms with Crippen LogP contribution in [0.1, 0.15) is 32.3 Å². The van der Waals surface area contributed by atoms with Crippen molar-refractivity contribution in [2.75, 3.05) is 5.75 Å². The number of benzene rings is 1. The van der Waals surface area contributed by atoms with Gasteiger partial charge in [0.15, 0.2) is 0 Å². The van der Waals surface area contributed by atoms with Crippen molar-refractivity contribution in [2.24, 2.45) is 11.7 Å². The van der Waals surface area contributed by atoms with Crippen LogP contribution in [-0.2, 0) is 30.4 Å². The lowest BCUT2D eigenvalue weighted by atomic mass is 9.98. The molecule has 0 saturated carbocycles. The second-order valence-electron chi connectivity index (χ2n) is 8.78. The number of aromatic nitrogens is 1. The number of carbonyl (C=O) groups excluding carboxylic acids is 3. The molecule has 0 aliphatic rings. The van der Waals surface area contributed by atoms with Gasteiger partial charge in [-0.15, -0.1) is 0 Å². The van der Waals surface area contributed by atoms with E-state index in [1.807, 2.05) is 18.2 Å². The molecule has 12 nitrogen and oxygen atoms in total. The van der Waals surface area contributed by atoms with Crippen molar-refractivity contribution in [3.8, 4) is 0 Å².